The molecule has 6 nitrogen and oxygen atoms in total. The third kappa shape index (κ3) is 4.31. The molecule has 2 aromatic carbocycles. The van der Waals surface area contributed by atoms with Crippen LogP contribution in [0.3, 0.4) is 0 Å². The lowest BCUT2D eigenvalue weighted by Gasteiger charge is -2.16. The van der Waals surface area contributed by atoms with Gasteiger partial charge in [0.05, 0.1) is 12.0 Å². The standard InChI is InChI=1S/C20H20FN3O3/c21-16-7-5-15(6-8-16)20(9-10-20)19(27)24-11-13-1-3-14(4-2-13)18(26)23-12-17(22)25/h1-8H,9-12H2,(H2,22,25)(H,23,26)(H,24,27). The molecule has 0 radical (unpaired) electrons. The molecule has 0 heterocycles. The Kier molecular flexibility index (Phi) is 5.21. The summed E-state index contributed by atoms with van der Waals surface area (Å²) in [6.45, 7) is 0.104. The van der Waals surface area contributed by atoms with E-state index in [0.717, 1.165) is 24.0 Å². The SMILES string of the molecule is NC(=O)CNC(=O)c1ccc(CNC(=O)C2(c3ccc(F)cc3)CC2)cc1. The lowest BCUT2D eigenvalue weighted by atomic mass is 9.95. The third-order valence-electron chi connectivity index (χ3n) is 4.67. The first-order valence-electron chi connectivity index (χ1n) is 8.60. The zero-order valence-electron chi connectivity index (χ0n) is 14.6. The van der Waals surface area contributed by atoms with E-state index in [4.69, 9.17) is 5.73 Å². The first-order valence-corrected chi connectivity index (χ1v) is 8.60. The van der Waals surface area contributed by atoms with Crippen molar-refractivity contribution in [1.29, 1.82) is 0 Å². The van der Waals surface area contributed by atoms with Crippen molar-refractivity contribution in [3.05, 3.63) is 71.0 Å². The summed E-state index contributed by atoms with van der Waals surface area (Å²) in [5, 5.41) is 5.32. The Balaban J connectivity index is 1.57. The summed E-state index contributed by atoms with van der Waals surface area (Å²) in [4.78, 5) is 35.1. The van der Waals surface area contributed by atoms with E-state index in [-0.39, 0.29) is 18.3 Å². The summed E-state index contributed by atoms with van der Waals surface area (Å²) < 4.78 is 13.1. The molecule has 0 saturated heterocycles. The lowest BCUT2D eigenvalue weighted by molar-refractivity contribution is -0.123. The number of carbonyl (C=O) groups is 3. The normalized spacial score (nSPS) is 14.3. The first kappa shape index (κ1) is 18.6. The van der Waals surface area contributed by atoms with Crippen LogP contribution in [-0.2, 0) is 21.5 Å². The Morgan fingerprint density at radius 2 is 1.59 bits per heavy atom. The summed E-state index contributed by atoms with van der Waals surface area (Å²) >= 11 is 0. The van der Waals surface area contributed by atoms with Crippen molar-refractivity contribution in [1.82, 2.24) is 10.6 Å². The topological polar surface area (TPSA) is 101 Å². The van der Waals surface area contributed by atoms with Gasteiger partial charge in [0.2, 0.25) is 11.8 Å². The van der Waals surface area contributed by atoms with Crippen molar-refractivity contribution in [2.24, 2.45) is 5.73 Å². The van der Waals surface area contributed by atoms with Crippen molar-refractivity contribution >= 4 is 17.7 Å². The van der Waals surface area contributed by atoms with Crippen LogP contribution in [0.5, 0.6) is 0 Å². The van der Waals surface area contributed by atoms with Gasteiger partial charge < -0.3 is 16.4 Å². The number of halogens is 1. The zero-order valence-corrected chi connectivity index (χ0v) is 14.6. The van der Waals surface area contributed by atoms with Gasteiger partial charge >= 0.3 is 0 Å². The van der Waals surface area contributed by atoms with Crippen LogP contribution in [0.2, 0.25) is 0 Å². The third-order valence-corrected chi connectivity index (χ3v) is 4.67. The molecule has 27 heavy (non-hydrogen) atoms. The molecule has 4 N–H and O–H groups in total. The molecule has 1 fully saturated rings. The Morgan fingerprint density at radius 1 is 0.963 bits per heavy atom. The second-order valence-electron chi connectivity index (χ2n) is 6.62. The van der Waals surface area contributed by atoms with Crippen molar-refractivity contribution in [3.63, 3.8) is 0 Å². The molecule has 2 aromatic rings. The van der Waals surface area contributed by atoms with Crippen LogP contribution in [0, 0.1) is 5.82 Å². The van der Waals surface area contributed by atoms with Gasteiger partial charge in [0.15, 0.2) is 0 Å². The molecule has 0 aliphatic heterocycles. The van der Waals surface area contributed by atoms with E-state index in [9.17, 15) is 18.8 Å². The summed E-state index contributed by atoms with van der Waals surface area (Å²) in [6, 6.07) is 12.7. The smallest absolute Gasteiger partial charge is 0.251 e. The van der Waals surface area contributed by atoms with Gasteiger partial charge in [-0.05, 0) is 48.2 Å². The monoisotopic (exact) mass is 369 g/mol. The maximum absolute atomic E-state index is 13.1. The molecule has 1 aliphatic rings. The number of benzene rings is 2. The molecular formula is C20H20FN3O3. The van der Waals surface area contributed by atoms with Crippen LogP contribution < -0.4 is 16.4 Å². The predicted molar refractivity (Wildman–Crippen MR) is 97.1 cm³/mol. The average molecular weight is 369 g/mol. The number of hydrogen-bond acceptors (Lipinski definition) is 3. The fourth-order valence-electron chi connectivity index (χ4n) is 2.94. The van der Waals surface area contributed by atoms with Crippen molar-refractivity contribution in [3.8, 4) is 0 Å². The highest BCUT2D eigenvalue weighted by Gasteiger charge is 2.51. The predicted octanol–water partition coefficient (Wildman–Crippen LogP) is 1.39. The van der Waals surface area contributed by atoms with Gasteiger partial charge in [-0.15, -0.1) is 0 Å². The maximum Gasteiger partial charge on any atom is 0.251 e. The van der Waals surface area contributed by atoms with Gasteiger partial charge in [-0.2, -0.15) is 0 Å². The number of amides is 3. The van der Waals surface area contributed by atoms with Crippen LogP contribution in [0.1, 0.15) is 34.3 Å². The van der Waals surface area contributed by atoms with Gasteiger partial charge in [0, 0.05) is 12.1 Å². The molecule has 0 bridgehead atoms. The largest absolute Gasteiger partial charge is 0.368 e. The number of rotatable bonds is 7. The number of nitrogens with one attached hydrogen (secondary N) is 2. The highest BCUT2D eigenvalue weighted by Crippen LogP contribution is 2.48. The van der Waals surface area contributed by atoms with E-state index in [1.165, 1.54) is 12.1 Å². The minimum atomic E-state index is -0.613. The first-order chi connectivity index (χ1) is 12.9. The number of nitrogens with two attached hydrogens (primary N) is 1. The number of primary amides is 1. The highest BCUT2D eigenvalue weighted by atomic mass is 19.1. The Hall–Kier alpha value is -3.22. The molecule has 0 aromatic heterocycles. The summed E-state index contributed by atoms with van der Waals surface area (Å²) in [6.07, 6.45) is 1.48. The van der Waals surface area contributed by atoms with Gasteiger partial charge in [-0.1, -0.05) is 24.3 Å². The molecular weight excluding hydrogens is 349 g/mol. The van der Waals surface area contributed by atoms with Crippen LogP contribution in [0.15, 0.2) is 48.5 Å². The quantitative estimate of drug-likeness (QED) is 0.687. The molecule has 3 rings (SSSR count). The Morgan fingerprint density at radius 3 is 2.15 bits per heavy atom. The van der Waals surface area contributed by atoms with E-state index < -0.39 is 17.2 Å². The van der Waals surface area contributed by atoms with Crippen molar-refractivity contribution < 1.29 is 18.8 Å². The second-order valence-corrected chi connectivity index (χ2v) is 6.62. The molecule has 1 aliphatic carbocycles. The number of hydrogen-bond donors (Lipinski definition) is 3. The molecule has 0 atom stereocenters. The minimum Gasteiger partial charge on any atom is -0.368 e. The zero-order chi connectivity index (χ0) is 19.4. The van der Waals surface area contributed by atoms with E-state index in [1.54, 1.807) is 36.4 Å². The van der Waals surface area contributed by atoms with Crippen LogP contribution in [-0.4, -0.2) is 24.3 Å². The van der Waals surface area contributed by atoms with Crippen molar-refractivity contribution in [2.75, 3.05) is 6.54 Å². The second kappa shape index (κ2) is 7.57. The minimum absolute atomic E-state index is 0.0858. The van der Waals surface area contributed by atoms with Crippen LogP contribution in [0.25, 0.3) is 0 Å². The summed E-state index contributed by atoms with van der Waals surface area (Å²) in [5.74, 6) is -1.41. The lowest BCUT2D eigenvalue weighted by Crippen LogP contribution is -2.34. The molecule has 1 saturated carbocycles. The van der Waals surface area contributed by atoms with E-state index >= 15 is 0 Å². The van der Waals surface area contributed by atoms with Gasteiger partial charge in [0.1, 0.15) is 5.82 Å². The van der Waals surface area contributed by atoms with E-state index in [0.29, 0.717) is 12.1 Å². The van der Waals surface area contributed by atoms with Gasteiger partial charge in [0.25, 0.3) is 5.91 Å². The van der Waals surface area contributed by atoms with Crippen LogP contribution >= 0.6 is 0 Å². The van der Waals surface area contributed by atoms with E-state index in [1.807, 2.05) is 0 Å². The van der Waals surface area contributed by atoms with E-state index in [2.05, 4.69) is 10.6 Å². The molecule has 140 valence electrons. The van der Waals surface area contributed by atoms with Gasteiger partial charge in [-0.3, -0.25) is 14.4 Å². The molecule has 0 unspecified atom stereocenters. The summed E-state index contributed by atoms with van der Waals surface area (Å²) in [5.41, 5.74) is 6.48. The number of carbonyl (C=O) groups excluding carboxylic acids is 3. The van der Waals surface area contributed by atoms with Crippen LogP contribution in [0.4, 0.5) is 4.39 Å². The molecule has 7 heteroatoms. The Bertz CT molecular complexity index is 859. The fourth-order valence-corrected chi connectivity index (χ4v) is 2.94. The van der Waals surface area contributed by atoms with Gasteiger partial charge in [-0.25, -0.2) is 4.39 Å². The summed E-state index contributed by atoms with van der Waals surface area (Å²) in [7, 11) is 0. The fraction of sp³-hybridized carbons (Fsp3) is 0.250. The average Bonchev–Trinajstić information content (AvgIpc) is 3.47. The van der Waals surface area contributed by atoms with Crippen molar-refractivity contribution in [2.45, 2.75) is 24.8 Å². The molecule has 0 spiro atoms. The molecule has 3 amide bonds. The highest BCUT2D eigenvalue weighted by molar-refractivity contribution is 5.96. The maximum atomic E-state index is 13.1. The Labute approximate surface area is 155 Å².